The van der Waals surface area contributed by atoms with Gasteiger partial charge in [0.05, 0.1) is 17.2 Å². The summed E-state index contributed by atoms with van der Waals surface area (Å²) in [6, 6.07) is 5.87. The van der Waals surface area contributed by atoms with Crippen LogP contribution in [0.15, 0.2) is 29.8 Å². The molecule has 0 spiro atoms. The van der Waals surface area contributed by atoms with Gasteiger partial charge in [-0.05, 0) is 24.6 Å². The van der Waals surface area contributed by atoms with E-state index in [9.17, 15) is 14.0 Å². The van der Waals surface area contributed by atoms with E-state index in [-0.39, 0.29) is 30.1 Å². The molecule has 0 aliphatic carbocycles. The summed E-state index contributed by atoms with van der Waals surface area (Å²) < 4.78 is 12.9. The maximum absolute atomic E-state index is 12.9. The van der Waals surface area contributed by atoms with Crippen molar-refractivity contribution in [1.29, 1.82) is 0 Å². The first-order valence-corrected chi connectivity index (χ1v) is 8.14. The van der Waals surface area contributed by atoms with E-state index in [1.165, 1.54) is 23.5 Å². The first-order chi connectivity index (χ1) is 11.0. The quantitative estimate of drug-likeness (QED) is 0.932. The van der Waals surface area contributed by atoms with Gasteiger partial charge in [-0.15, -0.1) is 11.3 Å². The third-order valence-corrected chi connectivity index (χ3v) is 4.72. The Morgan fingerprint density at radius 3 is 2.83 bits per heavy atom. The van der Waals surface area contributed by atoms with Crippen molar-refractivity contribution in [2.45, 2.75) is 25.9 Å². The zero-order chi connectivity index (χ0) is 16.4. The Hall–Kier alpha value is -2.28. The molecular weight excluding hydrogens is 317 g/mol. The highest BCUT2D eigenvalue weighted by Gasteiger charge is 2.31. The number of likely N-dealkylation sites (tertiary alicyclic amines) is 1. The molecule has 23 heavy (non-hydrogen) atoms. The van der Waals surface area contributed by atoms with Gasteiger partial charge in [-0.1, -0.05) is 12.1 Å². The number of hydrogen-bond donors (Lipinski definition) is 1. The minimum atomic E-state index is -0.299. The summed E-state index contributed by atoms with van der Waals surface area (Å²) in [5.41, 5.74) is 3.19. The van der Waals surface area contributed by atoms with E-state index >= 15 is 0 Å². The lowest BCUT2D eigenvalue weighted by Crippen LogP contribution is -2.36. The Morgan fingerprint density at radius 1 is 1.43 bits per heavy atom. The number of thiazole rings is 1. The van der Waals surface area contributed by atoms with E-state index in [1.54, 1.807) is 29.5 Å². The van der Waals surface area contributed by atoms with E-state index in [0.29, 0.717) is 23.7 Å². The summed E-state index contributed by atoms with van der Waals surface area (Å²) in [6.45, 7) is 2.66. The average molecular weight is 333 g/mol. The van der Waals surface area contributed by atoms with Crippen molar-refractivity contribution in [2.75, 3.05) is 6.54 Å². The van der Waals surface area contributed by atoms with Crippen molar-refractivity contribution in [1.82, 2.24) is 15.2 Å². The van der Waals surface area contributed by atoms with Gasteiger partial charge in [0.15, 0.2) is 0 Å². The number of aryl methyl sites for hydroxylation is 1. The van der Waals surface area contributed by atoms with Gasteiger partial charge in [-0.2, -0.15) is 0 Å². The van der Waals surface area contributed by atoms with Crippen LogP contribution < -0.4 is 5.32 Å². The molecule has 2 aromatic rings. The molecule has 1 aromatic carbocycles. The molecule has 1 aliphatic heterocycles. The molecule has 0 bridgehead atoms. The van der Waals surface area contributed by atoms with Crippen LogP contribution >= 0.6 is 11.3 Å². The smallest absolute Gasteiger partial charge is 0.263 e. The van der Waals surface area contributed by atoms with Crippen LogP contribution in [0.4, 0.5) is 4.39 Å². The number of halogens is 1. The summed E-state index contributed by atoms with van der Waals surface area (Å²) in [7, 11) is 0. The highest BCUT2D eigenvalue weighted by atomic mass is 32.1. The average Bonchev–Trinajstić information content (AvgIpc) is 3.08. The molecule has 0 radical (unpaired) electrons. The van der Waals surface area contributed by atoms with E-state index < -0.39 is 0 Å². The minimum absolute atomic E-state index is 0.0133. The Morgan fingerprint density at radius 2 is 2.17 bits per heavy atom. The topological polar surface area (TPSA) is 62.3 Å². The number of rotatable bonds is 4. The van der Waals surface area contributed by atoms with Gasteiger partial charge < -0.3 is 10.2 Å². The van der Waals surface area contributed by atoms with E-state index in [0.717, 1.165) is 5.56 Å². The van der Waals surface area contributed by atoms with Crippen LogP contribution in [0, 0.1) is 12.7 Å². The summed E-state index contributed by atoms with van der Waals surface area (Å²) in [4.78, 5) is 30.6. The fourth-order valence-corrected chi connectivity index (χ4v) is 3.31. The van der Waals surface area contributed by atoms with Gasteiger partial charge in [0.2, 0.25) is 5.91 Å². The van der Waals surface area contributed by atoms with Crippen LogP contribution in [-0.4, -0.2) is 34.3 Å². The molecule has 7 heteroatoms. The lowest BCUT2D eigenvalue weighted by atomic mass is 10.2. The molecule has 1 unspecified atom stereocenters. The summed E-state index contributed by atoms with van der Waals surface area (Å²) in [5.74, 6) is -0.501. The maximum atomic E-state index is 12.9. The molecule has 1 aromatic heterocycles. The fourth-order valence-electron chi connectivity index (χ4n) is 2.60. The van der Waals surface area contributed by atoms with Crippen LogP contribution in [-0.2, 0) is 11.3 Å². The second kappa shape index (κ2) is 6.45. The Kier molecular flexibility index (Phi) is 4.38. The number of aromatic nitrogens is 1. The summed E-state index contributed by atoms with van der Waals surface area (Å²) >= 11 is 1.29. The van der Waals surface area contributed by atoms with Crippen molar-refractivity contribution >= 4 is 23.2 Å². The van der Waals surface area contributed by atoms with Gasteiger partial charge in [0.1, 0.15) is 10.7 Å². The molecule has 2 heterocycles. The highest BCUT2D eigenvalue weighted by Crippen LogP contribution is 2.17. The number of nitrogens with one attached hydrogen (secondary N) is 1. The fraction of sp³-hybridized carbons (Fsp3) is 0.312. The standard InChI is InChI=1S/C16H16FN3O2S/c1-10-15(23-9-18-10)16(22)19-13-6-14(21)20(8-13)7-11-2-4-12(17)5-3-11/h2-5,9,13H,6-8H2,1H3,(H,19,22). The first kappa shape index (κ1) is 15.6. The van der Waals surface area contributed by atoms with Crippen LogP contribution in [0.25, 0.3) is 0 Å². The van der Waals surface area contributed by atoms with Crippen molar-refractivity contribution in [3.63, 3.8) is 0 Å². The molecule has 3 rings (SSSR count). The monoisotopic (exact) mass is 333 g/mol. The van der Waals surface area contributed by atoms with Gasteiger partial charge in [-0.3, -0.25) is 9.59 Å². The lowest BCUT2D eigenvalue weighted by Gasteiger charge is -2.17. The summed E-state index contributed by atoms with van der Waals surface area (Å²) in [6.07, 6.45) is 0.283. The van der Waals surface area contributed by atoms with Crippen LogP contribution in [0.5, 0.6) is 0 Å². The molecule has 0 saturated carbocycles. The molecule has 1 aliphatic rings. The largest absolute Gasteiger partial charge is 0.346 e. The number of carbonyl (C=O) groups excluding carboxylic acids is 2. The molecule has 1 N–H and O–H groups in total. The molecule has 1 fully saturated rings. The second-order valence-electron chi connectivity index (χ2n) is 5.54. The first-order valence-electron chi connectivity index (χ1n) is 7.26. The van der Waals surface area contributed by atoms with E-state index in [4.69, 9.17) is 0 Å². The molecule has 1 atom stereocenters. The molecule has 120 valence electrons. The second-order valence-corrected chi connectivity index (χ2v) is 6.40. The van der Waals surface area contributed by atoms with Gasteiger partial charge in [-0.25, -0.2) is 9.37 Å². The number of hydrogen-bond acceptors (Lipinski definition) is 4. The Labute approximate surface area is 137 Å². The number of carbonyl (C=O) groups is 2. The summed E-state index contributed by atoms with van der Waals surface area (Å²) in [5, 5.41) is 2.89. The van der Waals surface area contributed by atoms with Crippen molar-refractivity contribution < 1.29 is 14.0 Å². The van der Waals surface area contributed by atoms with Crippen molar-refractivity contribution in [2.24, 2.45) is 0 Å². The van der Waals surface area contributed by atoms with E-state index in [1.807, 2.05) is 0 Å². The molecule has 1 saturated heterocycles. The third-order valence-electron chi connectivity index (χ3n) is 3.79. The predicted octanol–water partition coefficient (Wildman–Crippen LogP) is 2.12. The SMILES string of the molecule is Cc1ncsc1C(=O)NC1CC(=O)N(Cc2ccc(F)cc2)C1. The Balaban J connectivity index is 1.60. The maximum Gasteiger partial charge on any atom is 0.263 e. The normalized spacial score (nSPS) is 17.6. The van der Waals surface area contributed by atoms with E-state index in [2.05, 4.69) is 10.3 Å². The zero-order valence-corrected chi connectivity index (χ0v) is 13.4. The zero-order valence-electron chi connectivity index (χ0n) is 12.6. The van der Waals surface area contributed by atoms with Crippen LogP contribution in [0.3, 0.4) is 0 Å². The molecule has 5 nitrogen and oxygen atoms in total. The van der Waals surface area contributed by atoms with Gasteiger partial charge in [0.25, 0.3) is 5.91 Å². The Bertz CT molecular complexity index is 729. The number of nitrogens with zero attached hydrogens (tertiary/aromatic N) is 2. The van der Waals surface area contributed by atoms with Crippen molar-refractivity contribution in [3.05, 3.63) is 51.7 Å². The number of benzene rings is 1. The molecule has 2 amide bonds. The van der Waals surface area contributed by atoms with Crippen LogP contribution in [0.2, 0.25) is 0 Å². The van der Waals surface area contributed by atoms with Crippen molar-refractivity contribution in [3.8, 4) is 0 Å². The third kappa shape index (κ3) is 3.56. The highest BCUT2D eigenvalue weighted by molar-refractivity contribution is 7.11. The minimum Gasteiger partial charge on any atom is -0.346 e. The lowest BCUT2D eigenvalue weighted by molar-refractivity contribution is -0.128. The van der Waals surface area contributed by atoms with Gasteiger partial charge in [0, 0.05) is 19.5 Å². The van der Waals surface area contributed by atoms with Crippen LogP contribution in [0.1, 0.15) is 27.3 Å². The van der Waals surface area contributed by atoms with Gasteiger partial charge >= 0.3 is 0 Å². The predicted molar refractivity (Wildman–Crippen MR) is 84.5 cm³/mol. The number of amides is 2. The molecular formula is C16H16FN3O2S.